The largest absolute Gasteiger partial charge is 0.325 e. The van der Waals surface area contributed by atoms with Crippen LogP contribution in [-0.4, -0.2) is 5.54 Å². The van der Waals surface area contributed by atoms with Crippen molar-refractivity contribution < 1.29 is 0 Å². The Labute approximate surface area is 101 Å². The normalized spacial score (nSPS) is 11.5. The van der Waals surface area contributed by atoms with Crippen LogP contribution in [0.3, 0.4) is 0 Å². The minimum atomic E-state index is -0.173. The second-order valence-electron chi connectivity index (χ2n) is 4.79. The summed E-state index contributed by atoms with van der Waals surface area (Å²) in [6.45, 7) is 10.0. The first-order chi connectivity index (χ1) is 6.78. The Morgan fingerprint density at radius 2 is 2.00 bits per heavy atom. The average molecular weight is 268 g/mol. The van der Waals surface area contributed by atoms with Crippen molar-refractivity contribution in [1.82, 2.24) is 0 Å². The van der Waals surface area contributed by atoms with Crippen LogP contribution in [0.15, 0.2) is 29.3 Å². The second kappa shape index (κ2) is 4.50. The number of rotatable bonds is 3. The van der Waals surface area contributed by atoms with Gasteiger partial charge >= 0.3 is 0 Å². The third kappa shape index (κ3) is 4.18. The molecule has 1 aromatic rings. The van der Waals surface area contributed by atoms with Gasteiger partial charge in [-0.3, -0.25) is 0 Å². The Morgan fingerprint density at radius 3 is 2.47 bits per heavy atom. The number of hydrogen-bond acceptors (Lipinski definition) is 1. The summed E-state index contributed by atoms with van der Waals surface area (Å²) in [5, 5.41) is 0. The fourth-order valence-corrected chi connectivity index (χ4v) is 2.07. The number of benzene rings is 1. The molecule has 0 amide bonds. The van der Waals surface area contributed by atoms with E-state index in [9.17, 15) is 0 Å². The molecule has 1 nitrogen and oxygen atoms in total. The van der Waals surface area contributed by atoms with Crippen LogP contribution in [-0.2, 0) is 6.42 Å². The van der Waals surface area contributed by atoms with Gasteiger partial charge in [0.1, 0.15) is 0 Å². The van der Waals surface area contributed by atoms with Crippen LogP contribution in [0.25, 0.3) is 5.57 Å². The van der Waals surface area contributed by atoms with Crippen molar-refractivity contribution in [3.63, 3.8) is 0 Å². The highest BCUT2D eigenvalue weighted by molar-refractivity contribution is 9.10. The lowest BCUT2D eigenvalue weighted by atomic mass is 9.94. The molecule has 0 aliphatic heterocycles. The maximum absolute atomic E-state index is 6.01. The number of halogens is 1. The van der Waals surface area contributed by atoms with Gasteiger partial charge in [-0.25, -0.2) is 0 Å². The molecular weight excluding hydrogens is 250 g/mol. The fourth-order valence-electron chi connectivity index (χ4n) is 1.52. The summed E-state index contributed by atoms with van der Waals surface area (Å²) in [7, 11) is 0. The lowest BCUT2D eigenvalue weighted by Gasteiger charge is -2.19. The number of nitrogens with two attached hydrogens (primary N) is 1. The van der Waals surface area contributed by atoms with E-state index >= 15 is 0 Å². The summed E-state index contributed by atoms with van der Waals surface area (Å²) in [4.78, 5) is 0. The van der Waals surface area contributed by atoms with Crippen LogP contribution in [0.4, 0.5) is 0 Å². The molecule has 0 aliphatic rings. The van der Waals surface area contributed by atoms with Crippen LogP contribution in [0.5, 0.6) is 0 Å². The molecule has 0 unspecified atom stereocenters. The lowest BCUT2D eigenvalue weighted by Crippen LogP contribution is -2.34. The molecule has 1 aromatic carbocycles. The Morgan fingerprint density at radius 1 is 1.40 bits per heavy atom. The highest BCUT2D eigenvalue weighted by atomic mass is 79.9. The van der Waals surface area contributed by atoms with E-state index in [2.05, 4.69) is 40.7 Å². The quantitative estimate of drug-likeness (QED) is 0.887. The van der Waals surface area contributed by atoms with Crippen LogP contribution >= 0.6 is 15.9 Å². The van der Waals surface area contributed by atoms with Gasteiger partial charge in [0.2, 0.25) is 0 Å². The van der Waals surface area contributed by atoms with E-state index in [1.54, 1.807) is 0 Å². The summed E-state index contributed by atoms with van der Waals surface area (Å²) in [5.74, 6) is 0. The summed E-state index contributed by atoms with van der Waals surface area (Å²) in [5.41, 5.74) is 9.32. The van der Waals surface area contributed by atoms with Gasteiger partial charge in [0.15, 0.2) is 0 Å². The molecule has 0 radical (unpaired) electrons. The standard InChI is InChI=1S/C13H18BrN/c1-9(2)11-5-10(6-12(14)7-11)8-13(3,4)15/h5-7H,1,8,15H2,2-4H3. The lowest BCUT2D eigenvalue weighted by molar-refractivity contribution is 0.516. The Balaban J connectivity index is 3.04. The monoisotopic (exact) mass is 267 g/mol. The molecule has 0 spiro atoms. The van der Waals surface area contributed by atoms with Gasteiger partial charge in [0, 0.05) is 10.0 Å². The third-order valence-corrected chi connectivity index (χ3v) is 2.57. The van der Waals surface area contributed by atoms with E-state index in [4.69, 9.17) is 5.73 Å². The van der Waals surface area contributed by atoms with E-state index in [1.807, 2.05) is 20.8 Å². The van der Waals surface area contributed by atoms with Crippen LogP contribution in [0, 0.1) is 0 Å². The highest BCUT2D eigenvalue weighted by Gasteiger charge is 2.12. The Bertz CT molecular complexity index is 375. The molecule has 2 heteroatoms. The molecule has 0 saturated heterocycles. The maximum atomic E-state index is 6.01. The first-order valence-electron chi connectivity index (χ1n) is 5.02. The van der Waals surface area contributed by atoms with Gasteiger partial charge in [0.25, 0.3) is 0 Å². The SMILES string of the molecule is C=C(C)c1cc(Br)cc(CC(C)(C)N)c1. The van der Waals surface area contributed by atoms with Crippen LogP contribution < -0.4 is 5.73 Å². The Hall–Kier alpha value is -0.600. The second-order valence-corrected chi connectivity index (χ2v) is 5.71. The van der Waals surface area contributed by atoms with Crippen molar-refractivity contribution in [1.29, 1.82) is 0 Å². The predicted molar refractivity (Wildman–Crippen MR) is 70.8 cm³/mol. The molecule has 0 aliphatic carbocycles. The van der Waals surface area contributed by atoms with Gasteiger partial charge in [-0.15, -0.1) is 0 Å². The molecule has 1 rings (SSSR count). The first-order valence-corrected chi connectivity index (χ1v) is 5.81. The molecule has 0 heterocycles. The van der Waals surface area contributed by atoms with Crippen molar-refractivity contribution in [3.8, 4) is 0 Å². The molecule has 0 atom stereocenters. The summed E-state index contributed by atoms with van der Waals surface area (Å²) < 4.78 is 1.09. The molecule has 82 valence electrons. The minimum Gasteiger partial charge on any atom is -0.325 e. The summed E-state index contributed by atoms with van der Waals surface area (Å²) >= 11 is 3.51. The maximum Gasteiger partial charge on any atom is 0.0184 e. The van der Waals surface area contributed by atoms with Crippen molar-refractivity contribution in [2.45, 2.75) is 32.7 Å². The van der Waals surface area contributed by atoms with Crippen molar-refractivity contribution >= 4 is 21.5 Å². The van der Waals surface area contributed by atoms with Gasteiger partial charge in [-0.2, -0.15) is 0 Å². The van der Waals surface area contributed by atoms with Gasteiger partial charge < -0.3 is 5.73 Å². The van der Waals surface area contributed by atoms with Gasteiger partial charge in [-0.05, 0) is 50.5 Å². The minimum absolute atomic E-state index is 0.173. The van der Waals surface area contributed by atoms with E-state index < -0.39 is 0 Å². The zero-order valence-corrected chi connectivity index (χ0v) is 11.2. The smallest absolute Gasteiger partial charge is 0.0184 e. The molecule has 15 heavy (non-hydrogen) atoms. The molecule has 0 aromatic heterocycles. The van der Waals surface area contributed by atoms with E-state index in [0.29, 0.717) is 0 Å². The van der Waals surface area contributed by atoms with Crippen LogP contribution in [0.2, 0.25) is 0 Å². The van der Waals surface area contributed by atoms with Gasteiger partial charge in [0.05, 0.1) is 0 Å². The van der Waals surface area contributed by atoms with Crippen LogP contribution in [0.1, 0.15) is 31.9 Å². The molecular formula is C13H18BrN. The predicted octanol–water partition coefficient (Wildman–Crippen LogP) is 3.76. The molecule has 2 N–H and O–H groups in total. The summed E-state index contributed by atoms with van der Waals surface area (Å²) in [6.07, 6.45) is 0.868. The molecule has 0 bridgehead atoms. The third-order valence-electron chi connectivity index (χ3n) is 2.11. The van der Waals surface area contributed by atoms with Crippen molar-refractivity contribution in [3.05, 3.63) is 40.4 Å². The zero-order chi connectivity index (χ0) is 11.6. The van der Waals surface area contributed by atoms with E-state index in [0.717, 1.165) is 16.5 Å². The number of hydrogen-bond donors (Lipinski definition) is 1. The first kappa shape index (κ1) is 12.5. The average Bonchev–Trinajstić information content (AvgIpc) is 1.99. The van der Waals surface area contributed by atoms with Crippen molar-refractivity contribution in [2.24, 2.45) is 5.73 Å². The fraction of sp³-hybridized carbons (Fsp3) is 0.385. The van der Waals surface area contributed by atoms with E-state index in [1.165, 1.54) is 11.1 Å². The van der Waals surface area contributed by atoms with Crippen molar-refractivity contribution in [2.75, 3.05) is 0 Å². The Kier molecular flexibility index (Phi) is 3.74. The molecule has 0 fully saturated rings. The number of allylic oxidation sites excluding steroid dienone is 1. The summed E-state index contributed by atoms with van der Waals surface area (Å²) in [6, 6.07) is 6.35. The molecule has 0 saturated carbocycles. The topological polar surface area (TPSA) is 26.0 Å². The zero-order valence-electron chi connectivity index (χ0n) is 9.60. The van der Waals surface area contributed by atoms with E-state index in [-0.39, 0.29) is 5.54 Å². The highest BCUT2D eigenvalue weighted by Crippen LogP contribution is 2.22. The van der Waals surface area contributed by atoms with Gasteiger partial charge in [-0.1, -0.05) is 34.1 Å².